The molecule has 1 saturated heterocycles. The van der Waals surface area contributed by atoms with Crippen LogP contribution in [0.2, 0.25) is 10.0 Å². The topological polar surface area (TPSA) is 71.4 Å². The van der Waals surface area contributed by atoms with Crippen LogP contribution in [0.1, 0.15) is 5.56 Å². The molecule has 1 aliphatic heterocycles. The Morgan fingerprint density at radius 2 is 1.75 bits per heavy atom. The van der Waals surface area contributed by atoms with E-state index in [-0.39, 0.29) is 21.3 Å². The molecule has 140 valence electrons. The minimum Gasteiger partial charge on any atom is -0.350 e. The van der Waals surface area contributed by atoms with Crippen molar-refractivity contribution in [3.63, 3.8) is 0 Å². The van der Waals surface area contributed by atoms with Crippen LogP contribution in [0.3, 0.4) is 0 Å². The number of anilines is 1. The Morgan fingerprint density at radius 1 is 1.00 bits per heavy atom. The number of benzene rings is 2. The van der Waals surface area contributed by atoms with Crippen molar-refractivity contribution in [1.82, 2.24) is 9.88 Å². The minimum atomic E-state index is -0.880. The van der Waals surface area contributed by atoms with Crippen molar-refractivity contribution < 1.29 is 14.4 Å². The van der Waals surface area contributed by atoms with Gasteiger partial charge in [0.05, 0.1) is 15.7 Å². The van der Waals surface area contributed by atoms with Crippen molar-refractivity contribution in [3.05, 3.63) is 69.8 Å². The van der Waals surface area contributed by atoms with Gasteiger partial charge in [-0.15, -0.1) is 0 Å². The summed E-state index contributed by atoms with van der Waals surface area (Å²) in [6.45, 7) is 0. The number of nitrogens with one attached hydrogen (secondary N) is 1. The Balaban J connectivity index is 1.84. The quantitative estimate of drug-likeness (QED) is 0.506. The molecule has 0 unspecified atom stereocenters. The molecule has 8 heteroatoms. The first-order valence-corrected chi connectivity index (χ1v) is 9.03. The van der Waals surface area contributed by atoms with E-state index in [2.05, 4.69) is 5.32 Å². The zero-order valence-corrected chi connectivity index (χ0v) is 16.1. The van der Waals surface area contributed by atoms with E-state index >= 15 is 0 Å². The number of hydrogen-bond donors (Lipinski definition) is 1. The Labute approximate surface area is 169 Å². The van der Waals surface area contributed by atoms with E-state index in [1.807, 2.05) is 42.1 Å². The SMILES string of the molecule is Cn1cc(/C=C2\C(=O)NC(=O)N(c3cccc(Cl)c3Cl)C2=O)c2ccccc21. The summed E-state index contributed by atoms with van der Waals surface area (Å²) in [5.41, 5.74) is 1.56. The normalized spacial score (nSPS) is 16.2. The van der Waals surface area contributed by atoms with Gasteiger partial charge in [0.1, 0.15) is 5.57 Å². The zero-order chi connectivity index (χ0) is 20.0. The molecule has 3 aromatic rings. The fourth-order valence-corrected chi connectivity index (χ4v) is 3.56. The maximum atomic E-state index is 13.0. The van der Waals surface area contributed by atoms with Gasteiger partial charge < -0.3 is 4.57 Å². The molecule has 1 fully saturated rings. The Hall–Kier alpha value is -3.09. The number of para-hydroxylation sites is 1. The number of carbonyl (C=O) groups is 3. The summed E-state index contributed by atoms with van der Waals surface area (Å²) in [6, 6.07) is 11.3. The standard InChI is InChI=1S/C20H13Cl2N3O3/c1-24-10-11(12-5-2-3-7-15(12)24)9-13-18(26)23-20(28)25(19(13)27)16-8-4-6-14(21)17(16)22/h2-10H,1H3,(H,23,26,28)/b13-9+. The van der Waals surface area contributed by atoms with Crippen LogP contribution in [0.25, 0.3) is 17.0 Å². The lowest BCUT2D eigenvalue weighted by molar-refractivity contribution is -0.122. The van der Waals surface area contributed by atoms with Gasteiger partial charge >= 0.3 is 6.03 Å². The summed E-state index contributed by atoms with van der Waals surface area (Å²) in [6.07, 6.45) is 3.28. The fraction of sp³-hybridized carbons (Fsp3) is 0.0500. The van der Waals surface area contributed by atoms with Gasteiger partial charge in [0.15, 0.2) is 0 Å². The van der Waals surface area contributed by atoms with Crippen molar-refractivity contribution >= 4 is 63.7 Å². The number of urea groups is 1. The van der Waals surface area contributed by atoms with Crippen molar-refractivity contribution in [3.8, 4) is 0 Å². The molecule has 2 heterocycles. The Bertz CT molecular complexity index is 1200. The predicted molar refractivity (Wildman–Crippen MR) is 108 cm³/mol. The maximum absolute atomic E-state index is 13.0. The summed E-state index contributed by atoms with van der Waals surface area (Å²) >= 11 is 12.2. The lowest BCUT2D eigenvalue weighted by Gasteiger charge is -2.27. The first kappa shape index (κ1) is 18.3. The predicted octanol–water partition coefficient (Wildman–Crippen LogP) is 4.15. The number of imide groups is 2. The molecule has 2 aromatic carbocycles. The van der Waals surface area contributed by atoms with Gasteiger partial charge in [-0.25, -0.2) is 9.69 Å². The zero-order valence-electron chi connectivity index (χ0n) is 14.6. The number of aryl methyl sites for hydroxylation is 1. The number of aromatic nitrogens is 1. The third-order valence-corrected chi connectivity index (χ3v) is 5.31. The second-order valence-electron chi connectivity index (χ2n) is 6.24. The molecule has 0 radical (unpaired) electrons. The molecule has 0 spiro atoms. The van der Waals surface area contributed by atoms with Gasteiger partial charge in [-0.1, -0.05) is 47.5 Å². The molecule has 1 aromatic heterocycles. The van der Waals surface area contributed by atoms with E-state index in [4.69, 9.17) is 23.2 Å². The monoisotopic (exact) mass is 413 g/mol. The average Bonchev–Trinajstić information content (AvgIpc) is 2.98. The van der Waals surface area contributed by atoms with E-state index in [0.717, 1.165) is 15.8 Å². The van der Waals surface area contributed by atoms with E-state index < -0.39 is 17.8 Å². The van der Waals surface area contributed by atoms with Crippen molar-refractivity contribution in [2.45, 2.75) is 0 Å². The summed E-state index contributed by atoms with van der Waals surface area (Å²) in [4.78, 5) is 38.5. The Kier molecular flexibility index (Phi) is 4.45. The molecular formula is C20H13Cl2N3O3. The van der Waals surface area contributed by atoms with Gasteiger partial charge in [0.25, 0.3) is 11.8 Å². The van der Waals surface area contributed by atoms with Gasteiger partial charge in [0.2, 0.25) is 0 Å². The van der Waals surface area contributed by atoms with Crippen LogP contribution in [0.5, 0.6) is 0 Å². The van der Waals surface area contributed by atoms with Crippen LogP contribution in [0, 0.1) is 0 Å². The van der Waals surface area contributed by atoms with E-state index in [1.54, 1.807) is 6.07 Å². The Morgan fingerprint density at radius 3 is 2.54 bits per heavy atom. The molecular weight excluding hydrogens is 401 g/mol. The largest absolute Gasteiger partial charge is 0.350 e. The van der Waals surface area contributed by atoms with Crippen LogP contribution >= 0.6 is 23.2 Å². The van der Waals surface area contributed by atoms with Gasteiger partial charge in [-0.3, -0.25) is 14.9 Å². The average molecular weight is 414 g/mol. The number of carbonyl (C=O) groups excluding carboxylic acids is 3. The van der Waals surface area contributed by atoms with Gasteiger partial charge in [-0.05, 0) is 24.3 Å². The summed E-state index contributed by atoms with van der Waals surface area (Å²) in [5, 5.41) is 3.30. The number of fused-ring (bicyclic) bond motifs is 1. The second kappa shape index (κ2) is 6.82. The van der Waals surface area contributed by atoms with Crippen molar-refractivity contribution in [2.75, 3.05) is 4.90 Å². The molecule has 28 heavy (non-hydrogen) atoms. The summed E-state index contributed by atoms with van der Waals surface area (Å²) in [5.74, 6) is -1.54. The molecule has 1 aliphatic rings. The number of amides is 4. The first-order valence-electron chi connectivity index (χ1n) is 8.28. The van der Waals surface area contributed by atoms with Crippen LogP contribution in [0.4, 0.5) is 10.5 Å². The van der Waals surface area contributed by atoms with Gasteiger partial charge in [0, 0.05) is 29.7 Å². The van der Waals surface area contributed by atoms with Crippen molar-refractivity contribution in [2.24, 2.45) is 7.05 Å². The molecule has 1 N–H and O–H groups in total. The van der Waals surface area contributed by atoms with Crippen molar-refractivity contribution in [1.29, 1.82) is 0 Å². The van der Waals surface area contributed by atoms with E-state index in [9.17, 15) is 14.4 Å². The third kappa shape index (κ3) is 2.87. The molecule has 0 bridgehead atoms. The van der Waals surface area contributed by atoms with Crippen LogP contribution in [-0.4, -0.2) is 22.4 Å². The highest BCUT2D eigenvalue weighted by molar-refractivity contribution is 6.46. The first-order chi connectivity index (χ1) is 13.4. The second-order valence-corrected chi connectivity index (χ2v) is 7.03. The highest BCUT2D eigenvalue weighted by Crippen LogP contribution is 2.34. The highest BCUT2D eigenvalue weighted by atomic mass is 35.5. The molecule has 0 atom stereocenters. The lowest BCUT2D eigenvalue weighted by atomic mass is 10.1. The molecule has 4 rings (SSSR count). The number of halogens is 2. The smallest absolute Gasteiger partial charge is 0.336 e. The van der Waals surface area contributed by atoms with E-state index in [1.165, 1.54) is 18.2 Å². The molecule has 6 nitrogen and oxygen atoms in total. The lowest BCUT2D eigenvalue weighted by Crippen LogP contribution is -2.54. The van der Waals surface area contributed by atoms with Crippen LogP contribution < -0.4 is 10.2 Å². The van der Waals surface area contributed by atoms with Crippen LogP contribution in [-0.2, 0) is 16.6 Å². The third-order valence-electron chi connectivity index (χ3n) is 4.50. The van der Waals surface area contributed by atoms with Crippen LogP contribution in [0.15, 0.2) is 54.2 Å². The summed E-state index contributed by atoms with van der Waals surface area (Å²) in [7, 11) is 1.87. The number of rotatable bonds is 2. The number of nitrogens with zero attached hydrogens (tertiary/aromatic N) is 2. The summed E-state index contributed by atoms with van der Waals surface area (Å²) < 4.78 is 1.89. The number of barbiturate groups is 1. The molecule has 0 aliphatic carbocycles. The molecule has 0 saturated carbocycles. The fourth-order valence-electron chi connectivity index (χ4n) is 3.18. The molecule has 4 amide bonds. The maximum Gasteiger partial charge on any atom is 0.336 e. The number of hydrogen-bond acceptors (Lipinski definition) is 3. The van der Waals surface area contributed by atoms with E-state index in [0.29, 0.717) is 5.56 Å². The minimum absolute atomic E-state index is 0.0477. The van der Waals surface area contributed by atoms with Gasteiger partial charge in [-0.2, -0.15) is 0 Å². The highest BCUT2D eigenvalue weighted by Gasteiger charge is 2.38.